The molecule has 1 fully saturated rings. The predicted molar refractivity (Wildman–Crippen MR) is 96.4 cm³/mol. The topological polar surface area (TPSA) is 70.4 Å². The Kier molecular flexibility index (Phi) is 6.35. The van der Waals surface area contributed by atoms with Crippen molar-refractivity contribution in [2.45, 2.75) is 31.7 Å². The number of hydrogen-bond donors (Lipinski definition) is 2. The second-order valence-electron chi connectivity index (χ2n) is 7.07. The summed E-state index contributed by atoms with van der Waals surface area (Å²) in [5.41, 5.74) is 1.23. The SMILES string of the molecule is O=C(NC1CN(Cc2ccccc2)CCC1CO)c1cnn(CC(F)(F)F)c1. The third-order valence-corrected chi connectivity index (χ3v) is 4.88. The molecule has 2 unspecified atom stereocenters. The van der Waals surface area contributed by atoms with E-state index >= 15 is 0 Å². The van der Waals surface area contributed by atoms with Crippen molar-refractivity contribution in [2.24, 2.45) is 5.92 Å². The summed E-state index contributed by atoms with van der Waals surface area (Å²) in [5.74, 6) is -0.584. The van der Waals surface area contributed by atoms with Crippen LogP contribution in [-0.4, -0.2) is 57.6 Å². The summed E-state index contributed by atoms with van der Waals surface area (Å²) in [5, 5.41) is 16.1. The van der Waals surface area contributed by atoms with Crippen molar-refractivity contribution in [1.82, 2.24) is 20.0 Å². The van der Waals surface area contributed by atoms with Crippen LogP contribution in [0.25, 0.3) is 0 Å². The van der Waals surface area contributed by atoms with E-state index < -0.39 is 18.6 Å². The molecule has 2 heterocycles. The molecule has 6 nitrogen and oxygen atoms in total. The quantitative estimate of drug-likeness (QED) is 0.784. The van der Waals surface area contributed by atoms with Crippen LogP contribution in [0.4, 0.5) is 13.2 Å². The van der Waals surface area contributed by atoms with Gasteiger partial charge in [-0.1, -0.05) is 30.3 Å². The van der Waals surface area contributed by atoms with Crippen molar-refractivity contribution in [3.63, 3.8) is 0 Å². The van der Waals surface area contributed by atoms with Crippen LogP contribution in [0.1, 0.15) is 22.3 Å². The van der Waals surface area contributed by atoms with Gasteiger partial charge in [0.15, 0.2) is 0 Å². The monoisotopic (exact) mass is 396 g/mol. The van der Waals surface area contributed by atoms with Crippen molar-refractivity contribution in [2.75, 3.05) is 19.7 Å². The third kappa shape index (κ3) is 5.56. The second-order valence-corrected chi connectivity index (χ2v) is 7.07. The van der Waals surface area contributed by atoms with Crippen molar-refractivity contribution in [1.29, 1.82) is 0 Å². The molecule has 1 aromatic carbocycles. The summed E-state index contributed by atoms with van der Waals surface area (Å²) in [6, 6.07) is 9.65. The zero-order valence-electron chi connectivity index (χ0n) is 15.3. The summed E-state index contributed by atoms with van der Waals surface area (Å²) in [7, 11) is 0. The number of halogens is 3. The van der Waals surface area contributed by atoms with Crippen LogP contribution in [0, 0.1) is 5.92 Å². The van der Waals surface area contributed by atoms with Gasteiger partial charge < -0.3 is 10.4 Å². The minimum atomic E-state index is -4.40. The molecule has 28 heavy (non-hydrogen) atoms. The van der Waals surface area contributed by atoms with E-state index in [1.54, 1.807) is 0 Å². The summed E-state index contributed by atoms with van der Waals surface area (Å²) < 4.78 is 38.0. The molecule has 1 aromatic heterocycles. The van der Waals surface area contributed by atoms with E-state index in [1.807, 2.05) is 30.3 Å². The fourth-order valence-electron chi connectivity index (χ4n) is 3.44. The molecule has 1 aliphatic heterocycles. The Balaban J connectivity index is 1.62. The molecule has 152 valence electrons. The van der Waals surface area contributed by atoms with Gasteiger partial charge in [0.05, 0.1) is 11.8 Å². The van der Waals surface area contributed by atoms with Crippen LogP contribution in [0.3, 0.4) is 0 Å². The van der Waals surface area contributed by atoms with Crippen LogP contribution in [0.15, 0.2) is 42.7 Å². The Morgan fingerprint density at radius 3 is 2.71 bits per heavy atom. The lowest BCUT2D eigenvalue weighted by atomic mass is 9.91. The minimum Gasteiger partial charge on any atom is -0.396 e. The van der Waals surface area contributed by atoms with E-state index in [2.05, 4.69) is 15.3 Å². The zero-order chi connectivity index (χ0) is 20.1. The number of carbonyl (C=O) groups excluding carboxylic acids is 1. The highest BCUT2D eigenvalue weighted by atomic mass is 19.4. The van der Waals surface area contributed by atoms with E-state index in [0.29, 0.717) is 11.2 Å². The molecule has 9 heteroatoms. The molecular formula is C19H23F3N4O2. The number of benzene rings is 1. The number of amides is 1. The van der Waals surface area contributed by atoms with Gasteiger partial charge in [-0.05, 0) is 18.5 Å². The number of aliphatic hydroxyl groups is 1. The molecule has 0 radical (unpaired) electrons. The van der Waals surface area contributed by atoms with Gasteiger partial charge >= 0.3 is 6.18 Å². The average molecular weight is 396 g/mol. The molecule has 3 rings (SSSR count). The van der Waals surface area contributed by atoms with Crippen LogP contribution >= 0.6 is 0 Å². The van der Waals surface area contributed by atoms with E-state index in [9.17, 15) is 23.1 Å². The maximum atomic E-state index is 12.5. The van der Waals surface area contributed by atoms with Gasteiger partial charge in [0, 0.05) is 37.9 Å². The molecular weight excluding hydrogens is 373 g/mol. The van der Waals surface area contributed by atoms with Crippen molar-refractivity contribution >= 4 is 5.91 Å². The Morgan fingerprint density at radius 2 is 2.04 bits per heavy atom. The highest BCUT2D eigenvalue weighted by Gasteiger charge is 2.31. The summed E-state index contributed by atoms with van der Waals surface area (Å²) in [6.07, 6.45) is -1.47. The lowest BCUT2D eigenvalue weighted by Crippen LogP contribution is -2.53. The number of aliphatic hydroxyl groups excluding tert-OH is 1. The minimum absolute atomic E-state index is 0.0581. The molecule has 2 N–H and O–H groups in total. The Morgan fingerprint density at radius 1 is 1.29 bits per heavy atom. The molecule has 1 aliphatic rings. The normalized spacial score (nSPS) is 20.9. The van der Waals surface area contributed by atoms with Gasteiger partial charge in [-0.25, -0.2) is 0 Å². The molecule has 0 saturated carbocycles. The Hall–Kier alpha value is -2.39. The van der Waals surface area contributed by atoms with Gasteiger partial charge in [0.1, 0.15) is 6.54 Å². The summed E-state index contributed by atoms with van der Waals surface area (Å²) in [4.78, 5) is 14.7. The first-order valence-corrected chi connectivity index (χ1v) is 9.11. The van der Waals surface area contributed by atoms with Crippen molar-refractivity contribution in [3.05, 3.63) is 53.9 Å². The van der Waals surface area contributed by atoms with Crippen LogP contribution in [-0.2, 0) is 13.1 Å². The smallest absolute Gasteiger partial charge is 0.396 e. The fraction of sp³-hybridized carbons (Fsp3) is 0.474. The van der Waals surface area contributed by atoms with Gasteiger partial charge in [-0.2, -0.15) is 18.3 Å². The maximum absolute atomic E-state index is 12.5. The number of alkyl halides is 3. The van der Waals surface area contributed by atoms with E-state index in [1.165, 1.54) is 0 Å². The van der Waals surface area contributed by atoms with Gasteiger partial charge in [0.25, 0.3) is 5.91 Å². The second kappa shape index (κ2) is 8.74. The largest absolute Gasteiger partial charge is 0.408 e. The number of carbonyl (C=O) groups is 1. The van der Waals surface area contributed by atoms with Crippen LogP contribution in [0.5, 0.6) is 0 Å². The molecule has 1 saturated heterocycles. The summed E-state index contributed by atoms with van der Waals surface area (Å²) >= 11 is 0. The highest BCUT2D eigenvalue weighted by Crippen LogP contribution is 2.20. The number of likely N-dealkylation sites (tertiary alicyclic amines) is 1. The standard InChI is InChI=1S/C19H23F3N4O2/c20-19(21,22)13-26-10-16(8-23-26)18(28)24-17-11-25(7-6-15(17)12-27)9-14-4-2-1-3-5-14/h1-5,8,10,15,17,27H,6-7,9,11-13H2,(H,24,28). The number of nitrogens with zero attached hydrogens (tertiary/aromatic N) is 3. The lowest BCUT2D eigenvalue weighted by Gasteiger charge is -2.38. The van der Waals surface area contributed by atoms with E-state index in [0.717, 1.165) is 37.5 Å². The molecule has 0 aliphatic carbocycles. The molecule has 2 aromatic rings. The highest BCUT2D eigenvalue weighted by molar-refractivity contribution is 5.93. The van der Waals surface area contributed by atoms with Gasteiger partial charge in [0.2, 0.25) is 0 Å². The predicted octanol–water partition coefficient (Wildman–Crippen LogP) is 2.06. The van der Waals surface area contributed by atoms with E-state index in [4.69, 9.17) is 0 Å². The fourth-order valence-corrected chi connectivity index (χ4v) is 3.44. The molecule has 1 amide bonds. The summed E-state index contributed by atoms with van der Waals surface area (Å²) in [6.45, 7) is 0.790. The number of rotatable bonds is 6. The first-order chi connectivity index (χ1) is 13.3. The Bertz CT molecular complexity index is 779. The van der Waals surface area contributed by atoms with E-state index in [-0.39, 0.29) is 24.1 Å². The van der Waals surface area contributed by atoms with Crippen LogP contribution < -0.4 is 5.32 Å². The maximum Gasteiger partial charge on any atom is 0.408 e. The molecule has 0 spiro atoms. The zero-order valence-corrected chi connectivity index (χ0v) is 15.3. The van der Waals surface area contributed by atoms with Crippen LogP contribution in [0.2, 0.25) is 0 Å². The number of hydrogen-bond acceptors (Lipinski definition) is 4. The lowest BCUT2D eigenvalue weighted by molar-refractivity contribution is -0.142. The number of nitrogens with one attached hydrogen (secondary N) is 1. The number of piperidine rings is 1. The number of aromatic nitrogens is 2. The molecule has 0 bridgehead atoms. The van der Waals surface area contributed by atoms with Gasteiger partial charge in [-0.3, -0.25) is 14.4 Å². The molecule has 2 atom stereocenters. The van der Waals surface area contributed by atoms with Crippen molar-refractivity contribution in [3.8, 4) is 0 Å². The first kappa shape index (κ1) is 20.3. The first-order valence-electron chi connectivity index (χ1n) is 9.11. The average Bonchev–Trinajstić information content (AvgIpc) is 3.09. The third-order valence-electron chi connectivity index (χ3n) is 4.88. The van der Waals surface area contributed by atoms with Crippen molar-refractivity contribution < 1.29 is 23.1 Å². The van der Waals surface area contributed by atoms with Gasteiger partial charge in [-0.15, -0.1) is 0 Å². The Labute approximate surface area is 161 Å².